The number of hydrogen-bond donors (Lipinski definition) is 2. The highest BCUT2D eigenvalue weighted by Crippen LogP contribution is 2.39. The lowest BCUT2D eigenvalue weighted by atomic mass is 9.70. The molecule has 2 N–H and O–H groups in total. The second-order valence-electron chi connectivity index (χ2n) is 7.51. The largest absolute Gasteiger partial charge is 0.508 e. The standard InChI is InChI=1S/C18H29NO/c1-17(2,3)19-14-18(11-5-4-6-12-18)13-15-7-9-16(20)10-8-15/h7-10,19-20H,4-6,11-14H2,1-3H3. The average molecular weight is 275 g/mol. The van der Waals surface area contributed by atoms with Crippen LogP contribution in [0.1, 0.15) is 58.4 Å². The summed E-state index contributed by atoms with van der Waals surface area (Å²) in [6.45, 7) is 7.82. The molecule has 0 heterocycles. The van der Waals surface area contributed by atoms with Crippen molar-refractivity contribution in [3.8, 4) is 5.75 Å². The molecule has 1 aliphatic rings. The first kappa shape index (κ1) is 15.4. The predicted molar refractivity (Wildman–Crippen MR) is 85.1 cm³/mol. The third-order valence-electron chi connectivity index (χ3n) is 4.42. The molecule has 2 nitrogen and oxygen atoms in total. The first-order valence-electron chi connectivity index (χ1n) is 7.92. The Hall–Kier alpha value is -1.02. The molecule has 0 aromatic heterocycles. The van der Waals surface area contributed by atoms with Crippen LogP contribution in [-0.2, 0) is 6.42 Å². The Bertz CT molecular complexity index is 410. The van der Waals surface area contributed by atoms with Gasteiger partial charge in [-0.2, -0.15) is 0 Å². The van der Waals surface area contributed by atoms with Gasteiger partial charge in [0.05, 0.1) is 0 Å². The molecule has 2 heteroatoms. The first-order chi connectivity index (χ1) is 9.39. The van der Waals surface area contributed by atoms with Crippen LogP contribution in [0.25, 0.3) is 0 Å². The molecule has 1 aromatic carbocycles. The summed E-state index contributed by atoms with van der Waals surface area (Å²) in [5.41, 5.74) is 1.92. The highest BCUT2D eigenvalue weighted by atomic mass is 16.3. The van der Waals surface area contributed by atoms with Gasteiger partial charge in [-0.25, -0.2) is 0 Å². The maximum Gasteiger partial charge on any atom is 0.115 e. The summed E-state index contributed by atoms with van der Waals surface area (Å²) in [6, 6.07) is 7.76. The van der Waals surface area contributed by atoms with E-state index in [0.717, 1.165) is 13.0 Å². The Morgan fingerprint density at radius 3 is 2.20 bits per heavy atom. The van der Waals surface area contributed by atoms with Crippen molar-refractivity contribution < 1.29 is 5.11 Å². The van der Waals surface area contributed by atoms with Crippen LogP contribution in [0.5, 0.6) is 5.75 Å². The quantitative estimate of drug-likeness (QED) is 0.860. The van der Waals surface area contributed by atoms with Gasteiger partial charge in [0.25, 0.3) is 0 Å². The maximum absolute atomic E-state index is 9.42. The highest BCUT2D eigenvalue weighted by molar-refractivity contribution is 5.26. The molecule has 1 saturated carbocycles. The molecule has 0 aliphatic heterocycles. The van der Waals surface area contributed by atoms with E-state index in [1.807, 2.05) is 12.1 Å². The van der Waals surface area contributed by atoms with Crippen LogP contribution < -0.4 is 5.32 Å². The molecule has 20 heavy (non-hydrogen) atoms. The minimum absolute atomic E-state index is 0.180. The summed E-state index contributed by atoms with van der Waals surface area (Å²) in [4.78, 5) is 0. The van der Waals surface area contributed by atoms with Gasteiger partial charge in [0, 0.05) is 12.1 Å². The molecule has 0 bridgehead atoms. The number of phenolic OH excluding ortho intramolecular Hbond substituents is 1. The van der Waals surface area contributed by atoms with Crippen LogP contribution in [0.2, 0.25) is 0 Å². The van der Waals surface area contributed by atoms with Gasteiger partial charge in [-0.3, -0.25) is 0 Å². The lowest BCUT2D eigenvalue weighted by Gasteiger charge is -2.40. The number of phenols is 1. The van der Waals surface area contributed by atoms with Crippen molar-refractivity contribution in [3.63, 3.8) is 0 Å². The van der Waals surface area contributed by atoms with Crippen molar-refractivity contribution in [2.45, 2.75) is 64.8 Å². The zero-order valence-electron chi connectivity index (χ0n) is 13.2. The average Bonchev–Trinajstić information content (AvgIpc) is 2.40. The van der Waals surface area contributed by atoms with Crippen molar-refractivity contribution in [2.75, 3.05) is 6.54 Å². The molecule has 1 aromatic rings. The van der Waals surface area contributed by atoms with E-state index in [0.29, 0.717) is 11.2 Å². The second-order valence-corrected chi connectivity index (χ2v) is 7.51. The van der Waals surface area contributed by atoms with Gasteiger partial charge in [-0.1, -0.05) is 31.4 Å². The molecule has 1 fully saturated rings. The molecule has 1 aliphatic carbocycles. The molecule has 2 rings (SSSR count). The maximum atomic E-state index is 9.42. The molecule has 0 amide bonds. The first-order valence-corrected chi connectivity index (χ1v) is 7.92. The van der Waals surface area contributed by atoms with Crippen LogP contribution in [0.4, 0.5) is 0 Å². The van der Waals surface area contributed by atoms with Crippen LogP contribution in [0.15, 0.2) is 24.3 Å². The van der Waals surface area contributed by atoms with Gasteiger partial charge in [-0.05, 0) is 63.1 Å². The van der Waals surface area contributed by atoms with E-state index in [4.69, 9.17) is 0 Å². The second kappa shape index (κ2) is 6.17. The third kappa shape index (κ3) is 4.52. The van der Waals surface area contributed by atoms with E-state index < -0.39 is 0 Å². The topological polar surface area (TPSA) is 32.3 Å². The van der Waals surface area contributed by atoms with E-state index in [9.17, 15) is 5.11 Å². The summed E-state index contributed by atoms with van der Waals surface area (Å²) in [5.74, 6) is 0.360. The number of benzene rings is 1. The van der Waals surface area contributed by atoms with Crippen molar-refractivity contribution in [1.82, 2.24) is 5.32 Å². The van der Waals surface area contributed by atoms with Crippen LogP contribution in [0.3, 0.4) is 0 Å². The normalized spacial score (nSPS) is 18.9. The zero-order valence-corrected chi connectivity index (χ0v) is 13.2. The lowest BCUT2D eigenvalue weighted by molar-refractivity contribution is 0.165. The van der Waals surface area contributed by atoms with Gasteiger partial charge in [0.2, 0.25) is 0 Å². The SMILES string of the molecule is CC(C)(C)NCC1(Cc2ccc(O)cc2)CCCCC1. The Morgan fingerprint density at radius 1 is 1.05 bits per heavy atom. The molecule has 0 radical (unpaired) electrons. The molecule has 0 saturated heterocycles. The number of aromatic hydroxyl groups is 1. The van der Waals surface area contributed by atoms with Crippen molar-refractivity contribution in [3.05, 3.63) is 29.8 Å². The van der Waals surface area contributed by atoms with Gasteiger partial charge < -0.3 is 10.4 Å². The van der Waals surface area contributed by atoms with E-state index in [1.165, 1.54) is 37.7 Å². The fourth-order valence-electron chi connectivity index (χ4n) is 3.22. The highest BCUT2D eigenvalue weighted by Gasteiger charge is 2.33. The Balaban J connectivity index is 2.08. The summed E-state index contributed by atoms with van der Waals surface area (Å²) in [5, 5.41) is 13.1. The molecule has 0 unspecified atom stereocenters. The number of rotatable bonds is 4. The molecule has 112 valence electrons. The summed E-state index contributed by atoms with van der Waals surface area (Å²) in [7, 11) is 0. The van der Waals surface area contributed by atoms with Gasteiger partial charge in [0.1, 0.15) is 5.75 Å². The number of nitrogens with one attached hydrogen (secondary N) is 1. The van der Waals surface area contributed by atoms with Gasteiger partial charge in [-0.15, -0.1) is 0 Å². The Kier molecular flexibility index (Phi) is 4.74. The van der Waals surface area contributed by atoms with Crippen LogP contribution >= 0.6 is 0 Å². The Labute approximate surface area is 123 Å². The summed E-state index contributed by atoms with van der Waals surface area (Å²) < 4.78 is 0. The predicted octanol–water partition coefficient (Wildman–Crippen LogP) is 4.27. The van der Waals surface area contributed by atoms with E-state index >= 15 is 0 Å². The molecular formula is C18H29NO. The van der Waals surface area contributed by atoms with E-state index in [1.54, 1.807) is 0 Å². The summed E-state index contributed by atoms with van der Waals surface area (Å²) in [6.07, 6.45) is 7.84. The van der Waals surface area contributed by atoms with E-state index in [-0.39, 0.29) is 5.54 Å². The fraction of sp³-hybridized carbons (Fsp3) is 0.667. The Morgan fingerprint density at radius 2 is 1.65 bits per heavy atom. The molecule has 0 atom stereocenters. The molecular weight excluding hydrogens is 246 g/mol. The third-order valence-corrected chi connectivity index (χ3v) is 4.42. The van der Waals surface area contributed by atoms with Crippen LogP contribution in [-0.4, -0.2) is 17.2 Å². The number of hydrogen-bond acceptors (Lipinski definition) is 2. The lowest BCUT2D eigenvalue weighted by Crippen LogP contribution is -2.45. The monoisotopic (exact) mass is 275 g/mol. The summed E-state index contributed by atoms with van der Waals surface area (Å²) >= 11 is 0. The van der Waals surface area contributed by atoms with E-state index in [2.05, 4.69) is 38.2 Å². The molecule has 0 spiro atoms. The van der Waals surface area contributed by atoms with Crippen molar-refractivity contribution >= 4 is 0 Å². The van der Waals surface area contributed by atoms with Crippen LogP contribution in [0, 0.1) is 5.41 Å². The van der Waals surface area contributed by atoms with Gasteiger partial charge in [0.15, 0.2) is 0 Å². The van der Waals surface area contributed by atoms with Crippen molar-refractivity contribution in [2.24, 2.45) is 5.41 Å². The fourth-order valence-corrected chi connectivity index (χ4v) is 3.22. The van der Waals surface area contributed by atoms with Crippen molar-refractivity contribution in [1.29, 1.82) is 0 Å². The minimum Gasteiger partial charge on any atom is -0.508 e. The zero-order chi connectivity index (χ0) is 14.6. The smallest absolute Gasteiger partial charge is 0.115 e. The van der Waals surface area contributed by atoms with Gasteiger partial charge >= 0.3 is 0 Å². The minimum atomic E-state index is 0.180.